The first-order chi connectivity index (χ1) is 14.9. The molecule has 2 aromatic carbocycles. The molecular weight excluding hydrogens is 412 g/mol. The highest BCUT2D eigenvalue weighted by Gasteiger charge is 2.35. The molecule has 0 fully saturated rings. The first-order valence-corrected chi connectivity index (χ1v) is 10.3. The number of carbonyl (C=O) groups is 2. The van der Waals surface area contributed by atoms with Crippen molar-refractivity contribution in [2.45, 2.75) is 20.4 Å². The molecule has 0 saturated heterocycles. The van der Waals surface area contributed by atoms with E-state index in [0.29, 0.717) is 16.3 Å². The smallest absolute Gasteiger partial charge is 0.354 e. The molecule has 4 rings (SSSR count). The van der Waals surface area contributed by atoms with Crippen molar-refractivity contribution in [2.75, 3.05) is 4.90 Å². The van der Waals surface area contributed by atoms with Crippen molar-refractivity contribution in [1.82, 2.24) is 4.98 Å². The third-order valence-corrected chi connectivity index (χ3v) is 5.52. The minimum absolute atomic E-state index is 0.0442. The fraction of sp³-hybridized carbons (Fsp3) is 0.160. The Morgan fingerprint density at radius 1 is 1.03 bits per heavy atom. The molecule has 1 amide bonds. The van der Waals surface area contributed by atoms with Crippen LogP contribution in [-0.2, 0) is 11.3 Å². The molecule has 0 aliphatic carbocycles. The predicted octanol–water partition coefficient (Wildman–Crippen LogP) is 5.55. The number of rotatable bonds is 5. The highest BCUT2D eigenvalue weighted by Crippen LogP contribution is 2.43. The van der Waals surface area contributed by atoms with Crippen LogP contribution in [0.2, 0.25) is 5.02 Å². The molecule has 156 valence electrons. The number of hydrogen-bond acceptors (Lipinski definition) is 3. The number of pyridine rings is 1. The topological polar surface area (TPSA) is 70.5 Å². The molecule has 0 spiro atoms. The van der Waals surface area contributed by atoms with E-state index in [-0.39, 0.29) is 24.1 Å². The van der Waals surface area contributed by atoms with Gasteiger partial charge in [-0.25, -0.2) is 9.78 Å². The fourth-order valence-electron chi connectivity index (χ4n) is 3.94. The van der Waals surface area contributed by atoms with Gasteiger partial charge in [0.1, 0.15) is 5.69 Å². The normalized spacial score (nSPS) is 14.7. The number of allylic oxidation sites excluding steroid dienone is 1. The Kier molecular flexibility index (Phi) is 5.61. The molecule has 1 aliphatic heterocycles. The zero-order valence-corrected chi connectivity index (χ0v) is 17.9. The third-order valence-electron chi connectivity index (χ3n) is 5.27. The molecule has 5 nitrogen and oxygen atoms in total. The monoisotopic (exact) mass is 432 g/mol. The van der Waals surface area contributed by atoms with Gasteiger partial charge in [-0.3, -0.25) is 4.79 Å². The van der Waals surface area contributed by atoms with Gasteiger partial charge >= 0.3 is 5.97 Å². The second-order valence-electron chi connectivity index (χ2n) is 7.68. The summed E-state index contributed by atoms with van der Waals surface area (Å²) in [6, 6.07) is 20.0. The van der Waals surface area contributed by atoms with Gasteiger partial charge in [-0.1, -0.05) is 61.8 Å². The van der Waals surface area contributed by atoms with Crippen molar-refractivity contribution in [3.05, 3.63) is 94.3 Å². The van der Waals surface area contributed by atoms with Crippen LogP contribution in [0.15, 0.2) is 66.7 Å². The lowest BCUT2D eigenvalue weighted by Gasteiger charge is -2.18. The number of anilines is 1. The standard InChI is InChI=1S/C25H21ClN2O3/c1-15(2)22(16-10-12-17(26)13-11-16)23-19-7-3-4-9-21(19)28(24(23)29)14-18-6-5-8-20(27-18)25(30)31/h3-13,15H,14H2,1-2H3,(H,30,31). The van der Waals surface area contributed by atoms with Crippen LogP contribution in [0.4, 0.5) is 5.69 Å². The largest absolute Gasteiger partial charge is 0.477 e. The number of aromatic nitrogens is 1. The molecule has 1 aromatic heterocycles. The minimum atomic E-state index is -1.10. The highest BCUT2D eigenvalue weighted by atomic mass is 35.5. The number of amides is 1. The van der Waals surface area contributed by atoms with Crippen LogP contribution in [0, 0.1) is 5.92 Å². The molecule has 0 saturated carbocycles. The van der Waals surface area contributed by atoms with E-state index in [2.05, 4.69) is 18.8 Å². The minimum Gasteiger partial charge on any atom is -0.477 e. The number of carboxylic acids is 1. The number of aromatic carboxylic acids is 1. The average Bonchev–Trinajstić information content (AvgIpc) is 3.02. The number of para-hydroxylation sites is 1. The Labute approximate surface area is 185 Å². The highest BCUT2D eigenvalue weighted by molar-refractivity contribution is 6.37. The number of nitrogens with zero attached hydrogens (tertiary/aromatic N) is 2. The van der Waals surface area contributed by atoms with Crippen molar-refractivity contribution >= 4 is 40.3 Å². The van der Waals surface area contributed by atoms with Crippen LogP contribution in [0.3, 0.4) is 0 Å². The fourth-order valence-corrected chi connectivity index (χ4v) is 4.07. The van der Waals surface area contributed by atoms with Gasteiger partial charge in [0.05, 0.1) is 23.5 Å². The lowest BCUT2D eigenvalue weighted by atomic mass is 9.88. The van der Waals surface area contributed by atoms with Crippen molar-refractivity contribution in [3.8, 4) is 0 Å². The van der Waals surface area contributed by atoms with E-state index in [9.17, 15) is 14.7 Å². The zero-order valence-electron chi connectivity index (χ0n) is 17.2. The number of carboxylic acid groups (broad SMARTS) is 1. The summed E-state index contributed by atoms with van der Waals surface area (Å²) < 4.78 is 0. The van der Waals surface area contributed by atoms with Crippen LogP contribution >= 0.6 is 11.6 Å². The number of halogens is 1. The van der Waals surface area contributed by atoms with Crippen molar-refractivity contribution in [2.24, 2.45) is 5.92 Å². The van der Waals surface area contributed by atoms with Crippen LogP contribution in [0.1, 0.15) is 41.2 Å². The Morgan fingerprint density at radius 2 is 1.74 bits per heavy atom. The first-order valence-electron chi connectivity index (χ1n) is 9.97. The van der Waals surface area contributed by atoms with Crippen LogP contribution in [0.25, 0.3) is 11.1 Å². The maximum absolute atomic E-state index is 13.7. The van der Waals surface area contributed by atoms with Gasteiger partial charge in [0.25, 0.3) is 5.91 Å². The van der Waals surface area contributed by atoms with Crippen LogP contribution in [-0.4, -0.2) is 22.0 Å². The summed E-state index contributed by atoms with van der Waals surface area (Å²) in [5.74, 6) is -1.12. The summed E-state index contributed by atoms with van der Waals surface area (Å²) in [4.78, 5) is 30.8. The second kappa shape index (κ2) is 8.36. The van der Waals surface area contributed by atoms with Gasteiger partial charge in [-0.15, -0.1) is 0 Å². The predicted molar refractivity (Wildman–Crippen MR) is 122 cm³/mol. The molecule has 3 aromatic rings. The quantitative estimate of drug-likeness (QED) is 0.537. The number of carbonyl (C=O) groups excluding carboxylic acids is 1. The number of benzene rings is 2. The summed E-state index contributed by atoms with van der Waals surface area (Å²) >= 11 is 6.07. The third kappa shape index (κ3) is 3.97. The van der Waals surface area contributed by atoms with E-state index < -0.39 is 5.97 Å². The van der Waals surface area contributed by atoms with Gasteiger partial charge in [0.15, 0.2) is 0 Å². The van der Waals surface area contributed by atoms with Crippen LogP contribution < -0.4 is 4.90 Å². The Hall–Kier alpha value is -3.44. The summed E-state index contributed by atoms with van der Waals surface area (Å²) in [5.41, 5.74) is 4.67. The van der Waals surface area contributed by atoms with Crippen molar-refractivity contribution in [1.29, 1.82) is 0 Å². The van der Waals surface area contributed by atoms with E-state index in [1.165, 1.54) is 6.07 Å². The van der Waals surface area contributed by atoms with Gasteiger partial charge in [0.2, 0.25) is 0 Å². The Morgan fingerprint density at radius 3 is 2.42 bits per heavy atom. The van der Waals surface area contributed by atoms with Gasteiger partial charge in [-0.05, 0) is 47.4 Å². The van der Waals surface area contributed by atoms with Crippen molar-refractivity contribution in [3.63, 3.8) is 0 Å². The Balaban J connectivity index is 1.84. The summed E-state index contributed by atoms with van der Waals surface area (Å²) in [6.45, 7) is 4.31. The SMILES string of the molecule is CC(C)C(=C1C(=O)N(Cc2cccc(C(=O)O)n2)c2ccccc21)c1ccc(Cl)cc1. The molecule has 0 radical (unpaired) electrons. The zero-order chi connectivity index (χ0) is 22.1. The lowest BCUT2D eigenvalue weighted by molar-refractivity contribution is -0.113. The maximum atomic E-state index is 13.7. The van der Waals surface area contributed by atoms with Gasteiger partial charge in [-0.2, -0.15) is 0 Å². The lowest BCUT2D eigenvalue weighted by Crippen LogP contribution is -2.27. The number of fused-ring (bicyclic) bond motifs is 1. The molecular formula is C25H21ClN2O3. The first kappa shape index (κ1) is 20.8. The number of hydrogen-bond donors (Lipinski definition) is 1. The summed E-state index contributed by atoms with van der Waals surface area (Å²) in [5, 5.41) is 9.88. The summed E-state index contributed by atoms with van der Waals surface area (Å²) in [7, 11) is 0. The molecule has 1 N–H and O–H groups in total. The van der Waals surface area contributed by atoms with E-state index in [0.717, 1.165) is 22.4 Å². The van der Waals surface area contributed by atoms with Crippen LogP contribution in [0.5, 0.6) is 0 Å². The summed E-state index contributed by atoms with van der Waals surface area (Å²) in [6.07, 6.45) is 0. The van der Waals surface area contributed by atoms with E-state index in [4.69, 9.17) is 11.6 Å². The van der Waals surface area contributed by atoms with E-state index in [1.54, 1.807) is 17.0 Å². The van der Waals surface area contributed by atoms with E-state index in [1.807, 2.05) is 48.5 Å². The average molecular weight is 433 g/mol. The Bertz CT molecular complexity index is 1200. The second-order valence-corrected chi connectivity index (χ2v) is 8.11. The molecule has 0 unspecified atom stereocenters. The van der Waals surface area contributed by atoms with Crippen molar-refractivity contribution < 1.29 is 14.7 Å². The van der Waals surface area contributed by atoms with E-state index >= 15 is 0 Å². The molecule has 0 atom stereocenters. The maximum Gasteiger partial charge on any atom is 0.354 e. The van der Waals surface area contributed by atoms with Gasteiger partial charge in [0, 0.05) is 10.6 Å². The van der Waals surface area contributed by atoms with Gasteiger partial charge < -0.3 is 10.0 Å². The molecule has 0 bridgehead atoms. The molecule has 31 heavy (non-hydrogen) atoms. The molecule has 6 heteroatoms. The molecule has 1 aliphatic rings. The molecule has 2 heterocycles.